The Kier molecular flexibility index (Phi) is 4.30. The predicted octanol–water partition coefficient (Wildman–Crippen LogP) is 4.78. The fourth-order valence-corrected chi connectivity index (χ4v) is 2.37. The lowest BCUT2D eigenvalue weighted by atomic mass is 9.86. The first kappa shape index (κ1) is 15.9. The van der Waals surface area contributed by atoms with Crippen molar-refractivity contribution in [1.82, 2.24) is 0 Å². The van der Waals surface area contributed by atoms with E-state index in [1.54, 1.807) is 18.2 Å². The number of hydrogen-bond acceptors (Lipinski definition) is 1. The number of nitrogens with two attached hydrogens (primary N) is 1. The first-order valence-electron chi connectivity index (χ1n) is 6.39. The van der Waals surface area contributed by atoms with Crippen LogP contribution in [0.15, 0.2) is 48.5 Å². The minimum Gasteiger partial charge on any atom is -0.321 e. The van der Waals surface area contributed by atoms with Crippen LogP contribution in [0.2, 0.25) is 5.02 Å². The summed E-state index contributed by atoms with van der Waals surface area (Å²) in [6.07, 6.45) is -3.90. The zero-order valence-electron chi connectivity index (χ0n) is 11.4. The molecule has 0 saturated heterocycles. The molecule has 0 aliphatic heterocycles. The Balaban J connectivity index is 2.20. The molecule has 0 radical (unpaired) electrons. The van der Waals surface area contributed by atoms with Crippen molar-refractivity contribution in [2.75, 3.05) is 0 Å². The van der Waals surface area contributed by atoms with Crippen LogP contribution in [-0.4, -0.2) is 0 Å². The van der Waals surface area contributed by atoms with Crippen molar-refractivity contribution in [2.45, 2.75) is 25.1 Å². The van der Waals surface area contributed by atoms with Crippen molar-refractivity contribution in [3.8, 4) is 0 Å². The normalized spacial score (nSPS) is 14.8. The lowest BCUT2D eigenvalue weighted by Gasteiger charge is -2.26. The molecule has 5 heteroatoms. The van der Waals surface area contributed by atoms with E-state index in [9.17, 15) is 13.2 Å². The van der Waals surface area contributed by atoms with E-state index in [1.807, 2.05) is 13.0 Å². The standard InChI is InChI=1S/C16H15ClF3N/c1-15(21,13-3-2-4-14(17)9-13)10-11-5-7-12(8-6-11)16(18,19)20/h2-9H,10,21H2,1H3. The number of benzene rings is 2. The van der Waals surface area contributed by atoms with Crippen LogP contribution in [0, 0.1) is 0 Å². The van der Waals surface area contributed by atoms with Gasteiger partial charge in [-0.2, -0.15) is 13.2 Å². The van der Waals surface area contributed by atoms with Gasteiger partial charge in [-0.15, -0.1) is 0 Å². The molecule has 1 unspecified atom stereocenters. The van der Waals surface area contributed by atoms with Gasteiger partial charge in [-0.1, -0.05) is 35.9 Å². The van der Waals surface area contributed by atoms with Crippen molar-refractivity contribution in [3.63, 3.8) is 0 Å². The molecule has 112 valence electrons. The lowest BCUT2D eigenvalue weighted by molar-refractivity contribution is -0.137. The zero-order chi connectivity index (χ0) is 15.7. The summed E-state index contributed by atoms with van der Waals surface area (Å²) in [5, 5.41) is 0.580. The van der Waals surface area contributed by atoms with Gasteiger partial charge < -0.3 is 5.73 Å². The van der Waals surface area contributed by atoms with Gasteiger partial charge in [0, 0.05) is 10.6 Å². The maximum absolute atomic E-state index is 12.5. The number of halogens is 4. The van der Waals surface area contributed by atoms with Crippen LogP contribution in [0.1, 0.15) is 23.6 Å². The molecule has 0 heterocycles. The van der Waals surface area contributed by atoms with Gasteiger partial charge in [0.25, 0.3) is 0 Å². The van der Waals surface area contributed by atoms with E-state index in [4.69, 9.17) is 17.3 Å². The van der Waals surface area contributed by atoms with Crippen LogP contribution in [0.4, 0.5) is 13.2 Å². The monoisotopic (exact) mass is 313 g/mol. The van der Waals surface area contributed by atoms with Gasteiger partial charge in [-0.3, -0.25) is 0 Å². The fourth-order valence-electron chi connectivity index (χ4n) is 2.18. The topological polar surface area (TPSA) is 26.0 Å². The van der Waals surface area contributed by atoms with E-state index in [0.29, 0.717) is 11.4 Å². The smallest absolute Gasteiger partial charge is 0.321 e. The summed E-state index contributed by atoms with van der Waals surface area (Å²) >= 11 is 5.94. The summed E-state index contributed by atoms with van der Waals surface area (Å²) < 4.78 is 37.6. The molecule has 0 aliphatic carbocycles. The van der Waals surface area contributed by atoms with Crippen LogP contribution in [0.25, 0.3) is 0 Å². The van der Waals surface area contributed by atoms with E-state index < -0.39 is 17.3 Å². The van der Waals surface area contributed by atoms with Crippen LogP contribution >= 0.6 is 11.6 Å². The Hall–Kier alpha value is -1.52. The van der Waals surface area contributed by atoms with Crippen molar-refractivity contribution < 1.29 is 13.2 Å². The van der Waals surface area contributed by atoms with Gasteiger partial charge in [-0.25, -0.2) is 0 Å². The molecule has 2 aromatic rings. The second-order valence-electron chi connectivity index (χ2n) is 5.30. The zero-order valence-corrected chi connectivity index (χ0v) is 12.2. The molecule has 21 heavy (non-hydrogen) atoms. The molecule has 0 aliphatic rings. The first-order valence-corrected chi connectivity index (χ1v) is 6.77. The largest absolute Gasteiger partial charge is 0.416 e. The van der Waals surface area contributed by atoms with Gasteiger partial charge in [0.05, 0.1) is 5.56 Å². The third-order valence-corrected chi connectivity index (χ3v) is 3.57. The van der Waals surface area contributed by atoms with Crippen molar-refractivity contribution >= 4 is 11.6 Å². The molecule has 2 N–H and O–H groups in total. The highest BCUT2D eigenvalue weighted by molar-refractivity contribution is 6.30. The van der Waals surface area contributed by atoms with E-state index in [0.717, 1.165) is 23.3 Å². The maximum atomic E-state index is 12.5. The Morgan fingerprint density at radius 3 is 2.14 bits per heavy atom. The predicted molar refractivity (Wildman–Crippen MR) is 78.1 cm³/mol. The third-order valence-electron chi connectivity index (χ3n) is 3.34. The molecule has 2 rings (SSSR count). The third kappa shape index (κ3) is 3.99. The molecule has 0 fully saturated rings. The van der Waals surface area contributed by atoms with Crippen molar-refractivity contribution in [1.29, 1.82) is 0 Å². The molecular formula is C16H15ClF3N. The molecule has 1 nitrogen and oxygen atoms in total. The van der Waals surface area contributed by atoms with Gasteiger partial charge in [0.2, 0.25) is 0 Å². The second-order valence-corrected chi connectivity index (χ2v) is 5.74. The summed E-state index contributed by atoms with van der Waals surface area (Å²) in [5.74, 6) is 0. The van der Waals surface area contributed by atoms with Crippen molar-refractivity contribution in [2.24, 2.45) is 5.73 Å². The SMILES string of the molecule is CC(N)(Cc1ccc(C(F)(F)F)cc1)c1cccc(Cl)c1. The Morgan fingerprint density at radius 1 is 1.00 bits per heavy atom. The number of hydrogen-bond donors (Lipinski definition) is 1. The molecule has 0 amide bonds. The molecular weight excluding hydrogens is 299 g/mol. The maximum Gasteiger partial charge on any atom is 0.416 e. The highest BCUT2D eigenvalue weighted by Crippen LogP contribution is 2.30. The number of alkyl halides is 3. The Labute approximate surface area is 126 Å². The summed E-state index contributed by atoms with van der Waals surface area (Å²) in [7, 11) is 0. The molecule has 0 bridgehead atoms. The quantitative estimate of drug-likeness (QED) is 0.867. The molecule has 0 aromatic heterocycles. The Morgan fingerprint density at radius 2 is 1.62 bits per heavy atom. The average Bonchev–Trinajstić information content (AvgIpc) is 2.38. The van der Waals surface area contributed by atoms with E-state index in [2.05, 4.69) is 0 Å². The minimum absolute atomic E-state index is 0.422. The summed E-state index contributed by atoms with van der Waals surface area (Å²) in [6, 6.07) is 12.2. The van der Waals surface area contributed by atoms with E-state index in [1.165, 1.54) is 12.1 Å². The molecule has 0 spiro atoms. The summed E-state index contributed by atoms with van der Waals surface area (Å²) in [5.41, 5.74) is 6.50. The van der Waals surface area contributed by atoms with Gasteiger partial charge in [-0.05, 0) is 48.7 Å². The lowest BCUT2D eigenvalue weighted by Crippen LogP contribution is -2.35. The Bertz CT molecular complexity index is 618. The van der Waals surface area contributed by atoms with E-state index in [-0.39, 0.29) is 0 Å². The van der Waals surface area contributed by atoms with Gasteiger partial charge >= 0.3 is 6.18 Å². The van der Waals surface area contributed by atoms with Crippen LogP contribution in [-0.2, 0) is 18.1 Å². The van der Waals surface area contributed by atoms with Gasteiger partial charge in [0.1, 0.15) is 0 Å². The number of rotatable bonds is 3. The van der Waals surface area contributed by atoms with Gasteiger partial charge in [0.15, 0.2) is 0 Å². The van der Waals surface area contributed by atoms with Crippen LogP contribution in [0.5, 0.6) is 0 Å². The molecule has 1 atom stereocenters. The summed E-state index contributed by atoms with van der Waals surface area (Å²) in [4.78, 5) is 0. The second kappa shape index (κ2) is 5.70. The highest BCUT2D eigenvalue weighted by atomic mass is 35.5. The van der Waals surface area contributed by atoms with E-state index >= 15 is 0 Å². The van der Waals surface area contributed by atoms with Crippen LogP contribution in [0.3, 0.4) is 0 Å². The average molecular weight is 314 g/mol. The summed E-state index contributed by atoms with van der Waals surface area (Å²) in [6.45, 7) is 1.83. The fraction of sp³-hybridized carbons (Fsp3) is 0.250. The highest BCUT2D eigenvalue weighted by Gasteiger charge is 2.30. The molecule has 2 aromatic carbocycles. The molecule has 0 saturated carbocycles. The minimum atomic E-state index is -4.32. The van der Waals surface area contributed by atoms with Crippen molar-refractivity contribution in [3.05, 3.63) is 70.2 Å². The first-order chi connectivity index (χ1) is 9.68. The van der Waals surface area contributed by atoms with Crippen LogP contribution < -0.4 is 5.73 Å².